The summed E-state index contributed by atoms with van der Waals surface area (Å²) < 4.78 is 37.9. The molecule has 0 aromatic heterocycles. The first-order chi connectivity index (χ1) is 18.0. The number of benzene rings is 2. The zero-order valence-electron chi connectivity index (χ0n) is 21.3. The Morgan fingerprint density at radius 1 is 1.26 bits per heavy atom. The van der Waals surface area contributed by atoms with Gasteiger partial charge in [-0.2, -0.15) is 9.82 Å². The van der Waals surface area contributed by atoms with Crippen LogP contribution in [-0.2, 0) is 29.1 Å². The summed E-state index contributed by atoms with van der Waals surface area (Å²) >= 11 is 0. The van der Waals surface area contributed by atoms with Crippen LogP contribution in [0.1, 0.15) is 35.6 Å². The summed E-state index contributed by atoms with van der Waals surface area (Å²) in [4.78, 5) is 38.8. The summed E-state index contributed by atoms with van der Waals surface area (Å²) in [5.74, 6) is 3.79. The van der Waals surface area contributed by atoms with Gasteiger partial charge in [0.1, 0.15) is 12.1 Å². The van der Waals surface area contributed by atoms with Crippen LogP contribution in [0.4, 0.5) is 4.79 Å². The summed E-state index contributed by atoms with van der Waals surface area (Å²) in [6.45, 7) is 1.38. The average molecular weight is 546 g/mol. The Hall–Kier alpha value is -3.97. The minimum Gasteiger partial charge on any atom is -0.468 e. The van der Waals surface area contributed by atoms with Gasteiger partial charge in [-0.05, 0) is 35.7 Å². The first kappa shape index (κ1) is 28.6. The summed E-state index contributed by atoms with van der Waals surface area (Å²) in [5, 5.41) is 6.02. The maximum absolute atomic E-state index is 12.8. The lowest BCUT2D eigenvalue weighted by molar-refractivity contribution is -0.142. The minimum atomic E-state index is -4.06. The number of amides is 2. The summed E-state index contributed by atoms with van der Waals surface area (Å²) in [6.07, 6.45) is 0.366. The first-order valence-electron chi connectivity index (χ1n) is 11.7. The largest absolute Gasteiger partial charge is 0.468 e. The second-order valence-corrected chi connectivity index (χ2v) is 10.5. The van der Waals surface area contributed by atoms with Gasteiger partial charge < -0.3 is 25.5 Å². The molecule has 2 amide bonds. The molecule has 0 radical (unpaired) electrons. The molecule has 0 unspecified atom stereocenters. The number of aryl methyl sites for hydroxylation is 1. The van der Waals surface area contributed by atoms with E-state index < -0.39 is 40.1 Å². The molecule has 13 heteroatoms. The van der Waals surface area contributed by atoms with Crippen LogP contribution in [0.5, 0.6) is 0 Å². The molecule has 2 aromatic carbocycles. The highest BCUT2D eigenvalue weighted by Gasteiger charge is 2.35. The van der Waals surface area contributed by atoms with Crippen molar-refractivity contribution >= 4 is 34.2 Å². The number of cyclic esters (lactones) is 1. The fourth-order valence-electron chi connectivity index (χ4n) is 4.03. The van der Waals surface area contributed by atoms with Gasteiger partial charge in [-0.25, -0.2) is 13.2 Å². The fraction of sp³-hybridized carbons (Fsp3) is 0.360. The molecular weight excluding hydrogens is 514 g/mol. The average Bonchev–Trinajstić information content (AvgIpc) is 2.88. The zero-order valence-corrected chi connectivity index (χ0v) is 22.1. The van der Waals surface area contributed by atoms with Crippen molar-refractivity contribution in [2.75, 3.05) is 20.7 Å². The smallest absolute Gasteiger partial charge is 0.410 e. The van der Waals surface area contributed by atoms with Crippen molar-refractivity contribution in [3.05, 3.63) is 65.2 Å². The molecule has 0 aliphatic carbocycles. The Morgan fingerprint density at radius 2 is 1.97 bits per heavy atom. The number of nitrogens with one attached hydrogen (secondary N) is 2. The molecule has 1 heterocycles. The van der Waals surface area contributed by atoms with E-state index >= 15 is 0 Å². The topological polar surface area (TPSA) is 169 Å². The van der Waals surface area contributed by atoms with Gasteiger partial charge in [-0.1, -0.05) is 36.4 Å². The van der Waals surface area contributed by atoms with Crippen LogP contribution in [0.2, 0.25) is 0 Å². The summed E-state index contributed by atoms with van der Waals surface area (Å²) in [6, 6.07) is 11.8. The van der Waals surface area contributed by atoms with Crippen molar-refractivity contribution < 1.29 is 32.3 Å². The van der Waals surface area contributed by atoms with Crippen molar-refractivity contribution in [2.24, 2.45) is 10.9 Å². The summed E-state index contributed by atoms with van der Waals surface area (Å²) in [7, 11) is -1.33. The molecule has 0 saturated carbocycles. The van der Waals surface area contributed by atoms with E-state index in [0.29, 0.717) is 6.42 Å². The predicted molar refractivity (Wildman–Crippen MR) is 139 cm³/mol. The second-order valence-electron chi connectivity index (χ2n) is 8.83. The highest BCUT2D eigenvalue weighted by Crippen LogP contribution is 2.31. The van der Waals surface area contributed by atoms with E-state index in [-0.39, 0.29) is 23.9 Å². The number of rotatable bonds is 10. The standard InChI is InChI=1S/C25H31N5O7S/c1-16-5-4-6-20(11-16)38(34,35)29-21(24(32)36-3)15-27-23(31)13-19-12-22(30(2)25(33)37-19)18-9-7-17(8-10-18)14-28-26/h4-11,14,19,21-22,29H,12-13,15,26H2,1-3H3,(H,27,31)/t19-,21-,22+/m0/s1. The minimum absolute atomic E-state index is 0.0228. The molecule has 1 fully saturated rings. The quantitative estimate of drug-likeness (QED) is 0.173. The van der Waals surface area contributed by atoms with Gasteiger partial charge >= 0.3 is 12.1 Å². The highest BCUT2D eigenvalue weighted by atomic mass is 32.2. The number of methoxy groups -OCH3 is 1. The van der Waals surface area contributed by atoms with Gasteiger partial charge in [-0.15, -0.1) is 0 Å². The number of esters is 1. The lowest BCUT2D eigenvalue weighted by Gasteiger charge is -2.36. The van der Waals surface area contributed by atoms with Crippen LogP contribution in [0.15, 0.2) is 58.5 Å². The lowest BCUT2D eigenvalue weighted by Crippen LogP contribution is -2.49. The maximum atomic E-state index is 12.8. The Labute approximate surface area is 221 Å². The number of nitrogens with two attached hydrogens (primary N) is 1. The number of nitrogens with zero attached hydrogens (tertiary/aromatic N) is 2. The predicted octanol–water partition coefficient (Wildman–Crippen LogP) is 1.20. The highest BCUT2D eigenvalue weighted by molar-refractivity contribution is 7.89. The number of ether oxygens (including phenoxy) is 2. The monoisotopic (exact) mass is 545 g/mol. The number of carbonyl (C=O) groups is 3. The van der Waals surface area contributed by atoms with E-state index in [0.717, 1.165) is 23.8 Å². The van der Waals surface area contributed by atoms with Crippen LogP contribution in [0.25, 0.3) is 0 Å². The number of carbonyl (C=O) groups excluding carboxylic acids is 3. The molecule has 3 rings (SSSR count). The van der Waals surface area contributed by atoms with Crippen LogP contribution >= 0.6 is 0 Å². The first-order valence-corrected chi connectivity index (χ1v) is 13.2. The molecule has 12 nitrogen and oxygen atoms in total. The molecule has 1 aliphatic heterocycles. The summed E-state index contributed by atoms with van der Waals surface area (Å²) in [5.41, 5.74) is 2.37. The van der Waals surface area contributed by atoms with E-state index in [1.807, 2.05) is 24.3 Å². The Bertz CT molecular complexity index is 1300. The van der Waals surface area contributed by atoms with Crippen LogP contribution in [-0.4, -0.2) is 70.4 Å². The van der Waals surface area contributed by atoms with E-state index in [1.165, 1.54) is 23.2 Å². The molecule has 4 N–H and O–H groups in total. The molecule has 0 spiro atoms. The van der Waals surface area contributed by atoms with Gasteiger partial charge in [0, 0.05) is 20.0 Å². The van der Waals surface area contributed by atoms with Crippen molar-refractivity contribution in [2.45, 2.75) is 42.8 Å². The number of sulfonamides is 1. The molecular formula is C25H31N5O7S. The molecule has 2 aromatic rings. The molecule has 1 aliphatic rings. The van der Waals surface area contributed by atoms with Crippen molar-refractivity contribution in [3.8, 4) is 0 Å². The van der Waals surface area contributed by atoms with Gasteiger partial charge in [0.05, 0.1) is 30.7 Å². The van der Waals surface area contributed by atoms with Gasteiger partial charge in [0.25, 0.3) is 0 Å². The number of hydrazone groups is 1. The zero-order chi connectivity index (χ0) is 27.9. The second kappa shape index (κ2) is 12.5. The molecule has 38 heavy (non-hydrogen) atoms. The third-order valence-electron chi connectivity index (χ3n) is 6.05. The third-order valence-corrected chi connectivity index (χ3v) is 7.52. The Morgan fingerprint density at radius 3 is 2.61 bits per heavy atom. The van der Waals surface area contributed by atoms with E-state index in [1.54, 1.807) is 26.1 Å². The molecule has 204 valence electrons. The number of hydrogen-bond donors (Lipinski definition) is 3. The third kappa shape index (κ3) is 7.29. The van der Waals surface area contributed by atoms with E-state index in [2.05, 4.69) is 15.1 Å². The Balaban J connectivity index is 1.63. The van der Waals surface area contributed by atoms with Gasteiger partial charge in [0.2, 0.25) is 15.9 Å². The molecule has 1 saturated heterocycles. The van der Waals surface area contributed by atoms with Gasteiger partial charge in [-0.3, -0.25) is 9.59 Å². The van der Waals surface area contributed by atoms with Crippen LogP contribution in [0.3, 0.4) is 0 Å². The molecule has 0 bridgehead atoms. The van der Waals surface area contributed by atoms with Crippen molar-refractivity contribution in [1.29, 1.82) is 0 Å². The van der Waals surface area contributed by atoms with E-state index in [4.69, 9.17) is 15.3 Å². The SMILES string of the molecule is COC(=O)[C@H](CNC(=O)C[C@@H]1C[C@H](c2ccc(C=NN)cc2)N(C)C(=O)O1)NS(=O)(=O)c1cccc(C)c1. The van der Waals surface area contributed by atoms with Crippen LogP contribution < -0.4 is 15.9 Å². The molecule has 3 atom stereocenters. The normalized spacial score (nSPS) is 18.6. The van der Waals surface area contributed by atoms with E-state index in [9.17, 15) is 22.8 Å². The number of hydrogen-bond acceptors (Lipinski definition) is 9. The Kier molecular flexibility index (Phi) is 9.42. The lowest BCUT2D eigenvalue weighted by atomic mass is 9.96. The maximum Gasteiger partial charge on any atom is 0.410 e. The van der Waals surface area contributed by atoms with Crippen molar-refractivity contribution in [3.63, 3.8) is 0 Å². The van der Waals surface area contributed by atoms with Crippen LogP contribution in [0, 0.1) is 6.92 Å². The van der Waals surface area contributed by atoms with Gasteiger partial charge in [0.15, 0.2) is 0 Å². The van der Waals surface area contributed by atoms with Crippen molar-refractivity contribution in [1.82, 2.24) is 14.9 Å². The fourth-order valence-corrected chi connectivity index (χ4v) is 5.32.